The lowest BCUT2D eigenvalue weighted by molar-refractivity contribution is 0.101. The van der Waals surface area contributed by atoms with Crippen molar-refractivity contribution in [3.8, 4) is 22.8 Å². The Morgan fingerprint density at radius 2 is 1.47 bits per heavy atom. The second kappa shape index (κ2) is 13.9. The summed E-state index contributed by atoms with van der Waals surface area (Å²) in [5.74, 6) is 1.16. The Hall–Kier alpha value is -2.17. The minimum atomic E-state index is -1.63. The first kappa shape index (κ1) is 24.1. The van der Waals surface area contributed by atoms with Gasteiger partial charge < -0.3 is 9.47 Å². The van der Waals surface area contributed by atoms with E-state index in [0.717, 1.165) is 29.9 Å². The van der Waals surface area contributed by atoms with Crippen LogP contribution in [0.25, 0.3) is 11.1 Å². The summed E-state index contributed by atoms with van der Waals surface area (Å²) in [6, 6.07) is 11.4. The molecule has 0 spiro atoms. The average molecular weight is 420 g/mol. The van der Waals surface area contributed by atoms with Crippen LogP contribution in [-0.4, -0.2) is 30.5 Å². The van der Waals surface area contributed by atoms with E-state index in [2.05, 4.69) is 11.9 Å². The first-order valence-corrected chi connectivity index (χ1v) is 11.2. The third-order valence-corrected chi connectivity index (χ3v) is 5.04. The van der Waals surface area contributed by atoms with Crippen molar-refractivity contribution in [2.75, 3.05) is 13.2 Å². The Balaban J connectivity index is 1.75. The molecule has 0 N–H and O–H groups in total. The molecule has 0 aliphatic heterocycles. The second-order valence-corrected chi connectivity index (χ2v) is 7.66. The molecular weight excluding hydrogens is 384 g/mol. The molecule has 0 radical (unpaired) electrons. The Labute approximate surface area is 179 Å². The van der Waals surface area contributed by atoms with Gasteiger partial charge in [-0.05, 0) is 36.6 Å². The molecule has 0 aliphatic rings. The zero-order valence-corrected chi connectivity index (χ0v) is 18.3. The van der Waals surface area contributed by atoms with Gasteiger partial charge in [0.05, 0.1) is 6.61 Å². The summed E-state index contributed by atoms with van der Waals surface area (Å²) in [6.07, 6.45) is 6.84. The summed E-state index contributed by atoms with van der Waals surface area (Å²) in [5, 5.41) is 0. The minimum absolute atomic E-state index is 0.204. The number of benzene rings is 1. The lowest BCUT2D eigenvalue weighted by atomic mass is 10.1. The van der Waals surface area contributed by atoms with E-state index >= 15 is 0 Å². The van der Waals surface area contributed by atoms with Gasteiger partial charge in [0.15, 0.2) is 6.17 Å². The van der Waals surface area contributed by atoms with E-state index in [1.807, 2.05) is 37.3 Å². The van der Waals surface area contributed by atoms with Gasteiger partial charge >= 0.3 is 0 Å². The number of aromatic nitrogens is 1. The van der Waals surface area contributed by atoms with Crippen molar-refractivity contribution in [3.05, 3.63) is 42.6 Å². The van der Waals surface area contributed by atoms with Gasteiger partial charge in [0.25, 0.3) is 0 Å². The summed E-state index contributed by atoms with van der Waals surface area (Å²) in [7, 11) is 0. The number of rotatable bonds is 15. The lowest BCUT2D eigenvalue weighted by Gasteiger charge is -2.13. The maximum Gasteiger partial charge on any atom is 0.213 e. The SMILES string of the molecule is CCCCCCCCOc1ccc(-c2ccc(OC[C@@H](F)[C@H](F)CCC)nc2)cc1. The van der Waals surface area contributed by atoms with Crippen LogP contribution in [-0.2, 0) is 0 Å². The molecule has 3 nitrogen and oxygen atoms in total. The first-order valence-electron chi connectivity index (χ1n) is 11.2. The zero-order chi connectivity index (χ0) is 21.6. The molecular formula is C25H35F2NO2. The highest BCUT2D eigenvalue weighted by atomic mass is 19.2. The normalized spacial score (nSPS) is 13.1. The number of halogens is 2. The highest BCUT2D eigenvalue weighted by Crippen LogP contribution is 2.23. The number of hydrogen-bond donors (Lipinski definition) is 0. The molecule has 0 saturated carbocycles. The fourth-order valence-corrected chi connectivity index (χ4v) is 3.18. The molecule has 1 heterocycles. The second-order valence-electron chi connectivity index (χ2n) is 7.66. The smallest absolute Gasteiger partial charge is 0.213 e. The van der Waals surface area contributed by atoms with E-state index in [-0.39, 0.29) is 13.0 Å². The fraction of sp³-hybridized carbons (Fsp3) is 0.560. The molecule has 1 aromatic carbocycles. The van der Waals surface area contributed by atoms with Crippen molar-refractivity contribution in [1.82, 2.24) is 4.98 Å². The molecule has 0 fully saturated rings. The van der Waals surface area contributed by atoms with Gasteiger partial charge in [0, 0.05) is 17.8 Å². The molecule has 0 aliphatic carbocycles. The van der Waals surface area contributed by atoms with Gasteiger partial charge in [-0.25, -0.2) is 13.8 Å². The average Bonchev–Trinajstić information content (AvgIpc) is 2.78. The number of unbranched alkanes of at least 4 members (excludes halogenated alkanes) is 5. The molecule has 0 saturated heterocycles. The Kier molecular flexibility index (Phi) is 11.2. The molecule has 0 bridgehead atoms. The quantitative estimate of drug-likeness (QED) is 0.283. The maximum atomic E-state index is 13.7. The van der Waals surface area contributed by atoms with E-state index in [9.17, 15) is 8.78 Å². The highest BCUT2D eigenvalue weighted by molar-refractivity contribution is 5.63. The van der Waals surface area contributed by atoms with Crippen LogP contribution < -0.4 is 9.47 Å². The number of ether oxygens (including phenoxy) is 2. The predicted octanol–water partition coefficient (Wildman–Crippen LogP) is 7.34. The van der Waals surface area contributed by atoms with Gasteiger partial charge in [-0.3, -0.25) is 0 Å². The molecule has 2 rings (SSSR count). The van der Waals surface area contributed by atoms with Gasteiger partial charge in [-0.1, -0.05) is 64.5 Å². The van der Waals surface area contributed by atoms with Crippen molar-refractivity contribution in [2.45, 2.75) is 77.6 Å². The first-order chi connectivity index (χ1) is 14.6. The van der Waals surface area contributed by atoms with Gasteiger partial charge in [0.1, 0.15) is 18.5 Å². The number of pyridine rings is 1. The highest BCUT2D eigenvalue weighted by Gasteiger charge is 2.20. The summed E-state index contributed by atoms with van der Waals surface area (Å²) < 4.78 is 38.3. The van der Waals surface area contributed by atoms with E-state index in [1.165, 1.54) is 32.1 Å². The molecule has 1 aromatic heterocycles. The van der Waals surface area contributed by atoms with Gasteiger partial charge in [-0.2, -0.15) is 0 Å². The molecule has 2 atom stereocenters. The van der Waals surface area contributed by atoms with Crippen LogP contribution in [0.15, 0.2) is 42.6 Å². The topological polar surface area (TPSA) is 31.4 Å². The van der Waals surface area contributed by atoms with Crippen molar-refractivity contribution in [1.29, 1.82) is 0 Å². The van der Waals surface area contributed by atoms with Crippen LogP contribution in [0.2, 0.25) is 0 Å². The summed E-state index contributed by atoms with van der Waals surface area (Å²) in [6.45, 7) is 4.47. The van der Waals surface area contributed by atoms with Crippen molar-refractivity contribution < 1.29 is 18.3 Å². The molecule has 0 unspecified atom stereocenters. The van der Waals surface area contributed by atoms with Crippen LogP contribution >= 0.6 is 0 Å². The van der Waals surface area contributed by atoms with E-state index in [1.54, 1.807) is 12.3 Å². The number of hydrogen-bond acceptors (Lipinski definition) is 3. The summed E-state index contributed by atoms with van der Waals surface area (Å²) >= 11 is 0. The Morgan fingerprint density at radius 3 is 2.13 bits per heavy atom. The van der Waals surface area contributed by atoms with Crippen LogP contribution in [0.5, 0.6) is 11.6 Å². The lowest BCUT2D eigenvalue weighted by Crippen LogP contribution is -2.24. The molecule has 30 heavy (non-hydrogen) atoms. The molecule has 5 heteroatoms. The molecule has 0 amide bonds. The summed E-state index contributed by atoms with van der Waals surface area (Å²) in [4.78, 5) is 4.20. The molecule has 166 valence electrons. The van der Waals surface area contributed by atoms with Crippen molar-refractivity contribution in [2.24, 2.45) is 0 Å². The number of nitrogens with zero attached hydrogens (tertiary/aromatic N) is 1. The van der Waals surface area contributed by atoms with E-state index < -0.39 is 12.3 Å². The standard InChI is InChI=1S/C25H35F2NO2/c1-3-5-6-7-8-9-17-29-22-14-11-20(12-15-22)21-13-16-25(28-18-21)30-19-24(27)23(26)10-4-2/h11-16,18,23-24H,3-10,17,19H2,1-2H3/t23-,24-/m1/s1. The monoisotopic (exact) mass is 419 g/mol. The van der Waals surface area contributed by atoms with E-state index in [0.29, 0.717) is 12.3 Å². The van der Waals surface area contributed by atoms with Crippen LogP contribution in [0.1, 0.15) is 65.2 Å². The van der Waals surface area contributed by atoms with Crippen LogP contribution in [0.4, 0.5) is 8.78 Å². The van der Waals surface area contributed by atoms with Crippen molar-refractivity contribution >= 4 is 0 Å². The Morgan fingerprint density at radius 1 is 0.767 bits per heavy atom. The van der Waals surface area contributed by atoms with Gasteiger partial charge in [-0.15, -0.1) is 0 Å². The van der Waals surface area contributed by atoms with Crippen molar-refractivity contribution in [3.63, 3.8) is 0 Å². The van der Waals surface area contributed by atoms with E-state index in [4.69, 9.17) is 9.47 Å². The largest absolute Gasteiger partial charge is 0.494 e. The third kappa shape index (κ3) is 8.68. The maximum absolute atomic E-state index is 13.7. The number of alkyl halides is 2. The minimum Gasteiger partial charge on any atom is -0.494 e. The zero-order valence-electron chi connectivity index (χ0n) is 18.3. The predicted molar refractivity (Wildman–Crippen MR) is 119 cm³/mol. The van der Waals surface area contributed by atoms with Gasteiger partial charge in [0.2, 0.25) is 5.88 Å². The fourth-order valence-electron chi connectivity index (χ4n) is 3.18. The summed E-state index contributed by atoms with van der Waals surface area (Å²) in [5.41, 5.74) is 1.94. The van der Waals surface area contributed by atoms with Crippen LogP contribution in [0, 0.1) is 0 Å². The Bertz CT molecular complexity index is 691. The molecule has 2 aromatic rings. The van der Waals surface area contributed by atoms with Crippen LogP contribution in [0.3, 0.4) is 0 Å². The third-order valence-electron chi connectivity index (χ3n) is 5.04.